The Morgan fingerprint density at radius 1 is 1.06 bits per heavy atom. The van der Waals surface area contributed by atoms with Crippen LogP contribution >= 0.6 is 0 Å². The van der Waals surface area contributed by atoms with E-state index in [9.17, 15) is 4.79 Å². The summed E-state index contributed by atoms with van der Waals surface area (Å²) >= 11 is 0. The third-order valence-corrected chi connectivity index (χ3v) is 1.70. The van der Waals surface area contributed by atoms with Crippen LogP contribution in [0.4, 0.5) is 5.69 Å². The maximum absolute atomic E-state index is 10.8. The number of carbonyl (C=O) groups is 1. The summed E-state index contributed by atoms with van der Waals surface area (Å²) in [5, 5.41) is 2.77. The summed E-state index contributed by atoms with van der Waals surface area (Å²) in [5.74, 6) is -0.0244. The second-order valence-corrected chi connectivity index (χ2v) is 3.00. The van der Waals surface area contributed by atoms with Gasteiger partial charge in [0.2, 0.25) is 5.91 Å². The molecule has 0 heterocycles. The van der Waals surface area contributed by atoms with E-state index in [4.69, 9.17) is 0 Å². The highest BCUT2D eigenvalue weighted by molar-refractivity contribution is 5.89. The van der Waals surface area contributed by atoms with E-state index in [-0.39, 0.29) is 5.91 Å². The highest BCUT2D eigenvalue weighted by Crippen LogP contribution is 2.15. The molecule has 0 bridgehead atoms. The molecule has 0 aliphatic rings. The fourth-order valence-electron chi connectivity index (χ4n) is 1.06. The first-order chi connectivity index (χ1) is 7.59. The lowest BCUT2D eigenvalue weighted by Gasteiger charge is -2.06. The van der Waals surface area contributed by atoms with Crippen LogP contribution in [-0.4, -0.2) is 5.91 Å². The number of carbonyl (C=O) groups excluding carboxylic acids is 1. The molecule has 1 rings (SSSR count). The number of hydrogen-bond donors (Lipinski definition) is 1. The van der Waals surface area contributed by atoms with Crippen molar-refractivity contribution in [3.05, 3.63) is 29.3 Å². The second-order valence-electron chi connectivity index (χ2n) is 3.00. The van der Waals surface area contributed by atoms with E-state index in [1.54, 1.807) is 0 Å². The molecule has 0 radical (unpaired) electrons. The molecule has 2 heteroatoms. The van der Waals surface area contributed by atoms with Gasteiger partial charge in [-0.1, -0.05) is 39.8 Å². The van der Waals surface area contributed by atoms with Gasteiger partial charge in [0.05, 0.1) is 0 Å². The number of anilines is 1. The topological polar surface area (TPSA) is 29.1 Å². The van der Waals surface area contributed by atoms with E-state index in [2.05, 4.69) is 5.32 Å². The van der Waals surface area contributed by atoms with E-state index in [1.165, 1.54) is 6.92 Å². The van der Waals surface area contributed by atoms with Gasteiger partial charge < -0.3 is 5.32 Å². The van der Waals surface area contributed by atoms with Crippen LogP contribution in [0.2, 0.25) is 0 Å². The van der Waals surface area contributed by atoms with Gasteiger partial charge in [0.15, 0.2) is 0 Å². The van der Waals surface area contributed by atoms with Gasteiger partial charge in [-0.3, -0.25) is 4.79 Å². The van der Waals surface area contributed by atoms with Crippen LogP contribution < -0.4 is 5.32 Å². The highest BCUT2D eigenvalue weighted by atomic mass is 16.1. The molecule has 0 saturated carbocycles. The lowest BCUT2D eigenvalue weighted by atomic mass is 10.1. The maximum atomic E-state index is 10.8. The number of nitrogens with one attached hydrogen (secondary N) is 1. The monoisotopic (exact) mass is 223 g/mol. The zero-order valence-electron chi connectivity index (χ0n) is 11.6. The van der Waals surface area contributed by atoms with Crippen molar-refractivity contribution in [1.29, 1.82) is 0 Å². The second kappa shape index (κ2) is 10.2. The lowest BCUT2D eigenvalue weighted by Crippen LogP contribution is -2.07. The molecule has 1 amide bonds. The van der Waals surface area contributed by atoms with Gasteiger partial charge in [0.25, 0.3) is 0 Å². The van der Waals surface area contributed by atoms with Gasteiger partial charge in [-0.15, -0.1) is 0 Å². The predicted octanol–water partition coefficient (Wildman–Crippen LogP) is 4.31. The average molecular weight is 223 g/mol. The smallest absolute Gasteiger partial charge is 0.221 e. The molecule has 1 N–H and O–H groups in total. The molecule has 0 aromatic heterocycles. The zero-order valence-corrected chi connectivity index (χ0v) is 11.6. The Balaban J connectivity index is 0. The summed E-state index contributed by atoms with van der Waals surface area (Å²) < 4.78 is 0. The Kier molecular flexibility index (Phi) is 10.9. The summed E-state index contributed by atoms with van der Waals surface area (Å²) in [6.07, 6.45) is 0. The molecular weight excluding hydrogens is 198 g/mol. The maximum Gasteiger partial charge on any atom is 0.221 e. The van der Waals surface area contributed by atoms with Gasteiger partial charge in [0.1, 0.15) is 0 Å². The Labute approximate surface area is 100 Å². The number of amides is 1. The molecule has 0 saturated heterocycles. The van der Waals surface area contributed by atoms with Crippen LogP contribution in [0, 0.1) is 13.8 Å². The van der Waals surface area contributed by atoms with Gasteiger partial charge in [0, 0.05) is 12.6 Å². The summed E-state index contributed by atoms with van der Waals surface area (Å²) in [7, 11) is 0. The minimum Gasteiger partial charge on any atom is -0.326 e. The number of rotatable bonds is 1. The van der Waals surface area contributed by atoms with Gasteiger partial charge in [-0.2, -0.15) is 0 Å². The molecule has 0 unspecified atom stereocenters. The normalized spacial score (nSPS) is 7.94. The highest BCUT2D eigenvalue weighted by Gasteiger charge is 1.98. The number of benzene rings is 1. The van der Waals surface area contributed by atoms with Gasteiger partial charge >= 0.3 is 0 Å². The van der Waals surface area contributed by atoms with Gasteiger partial charge in [-0.25, -0.2) is 0 Å². The molecule has 0 aliphatic carbocycles. The molecule has 1 aromatic carbocycles. The van der Waals surface area contributed by atoms with Crippen molar-refractivity contribution in [2.75, 3.05) is 5.32 Å². The number of hydrogen-bond acceptors (Lipinski definition) is 1. The Bertz CT molecular complexity index is 306. The van der Waals surface area contributed by atoms with Crippen molar-refractivity contribution in [3.8, 4) is 0 Å². The van der Waals surface area contributed by atoms with Crippen molar-refractivity contribution >= 4 is 11.6 Å². The molecule has 2 nitrogen and oxygen atoms in total. The van der Waals surface area contributed by atoms with Crippen molar-refractivity contribution in [2.24, 2.45) is 0 Å². The number of aryl methyl sites for hydroxylation is 2. The summed E-state index contributed by atoms with van der Waals surface area (Å²) in [4.78, 5) is 10.8. The lowest BCUT2D eigenvalue weighted by molar-refractivity contribution is -0.114. The first-order valence-electron chi connectivity index (χ1n) is 5.94. The van der Waals surface area contributed by atoms with Crippen LogP contribution in [-0.2, 0) is 4.79 Å². The zero-order chi connectivity index (χ0) is 13.1. The first kappa shape index (κ1) is 17.1. The summed E-state index contributed by atoms with van der Waals surface area (Å²) in [6, 6.07) is 6.00. The van der Waals surface area contributed by atoms with E-state index < -0.39 is 0 Å². The molecule has 0 aliphatic heterocycles. The Hall–Kier alpha value is -1.31. The molecule has 0 fully saturated rings. The third-order valence-electron chi connectivity index (χ3n) is 1.70. The Morgan fingerprint density at radius 2 is 1.56 bits per heavy atom. The van der Waals surface area contributed by atoms with Crippen LogP contribution in [0.25, 0.3) is 0 Å². The van der Waals surface area contributed by atoms with Crippen LogP contribution in [0.15, 0.2) is 18.2 Å². The summed E-state index contributed by atoms with van der Waals surface area (Å²) in [6.45, 7) is 13.5. The van der Waals surface area contributed by atoms with Crippen LogP contribution in [0.3, 0.4) is 0 Å². The van der Waals surface area contributed by atoms with E-state index >= 15 is 0 Å². The van der Waals surface area contributed by atoms with E-state index in [0.717, 1.165) is 16.8 Å². The fourth-order valence-corrected chi connectivity index (χ4v) is 1.06. The van der Waals surface area contributed by atoms with Crippen molar-refractivity contribution < 1.29 is 4.79 Å². The van der Waals surface area contributed by atoms with Crippen molar-refractivity contribution in [3.63, 3.8) is 0 Å². The minimum absolute atomic E-state index is 0.0244. The van der Waals surface area contributed by atoms with Gasteiger partial charge in [-0.05, 0) is 31.0 Å². The standard InChI is InChI=1S/C10H13NO.2C2H6/c1-7-4-5-8(2)10(6-7)11-9(3)12;2*1-2/h4-6H,1-3H3,(H,11,12);2*1-2H3. The largest absolute Gasteiger partial charge is 0.326 e. The molecule has 0 spiro atoms. The molecular formula is C14H25NO. The van der Waals surface area contributed by atoms with E-state index in [1.807, 2.05) is 59.7 Å². The predicted molar refractivity (Wildman–Crippen MR) is 72.9 cm³/mol. The third kappa shape index (κ3) is 7.04. The van der Waals surface area contributed by atoms with E-state index in [0.29, 0.717) is 0 Å². The Morgan fingerprint density at radius 3 is 2.00 bits per heavy atom. The first-order valence-corrected chi connectivity index (χ1v) is 5.94. The van der Waals surface area contributed by atoms with Crippen molar-refractivity contribution in [1.82, 2.24) is 0 Å². The van der Waals surface area contributed by atoms with Crippen LogP contribution in [0.1, 0.15) is 45.7 Å². The quantitative estimate of drug-likeness (QED) is 0.755. The average Bonchev–Trinajstić information content (AvgIpc) is 2.28. The summed E-state index contributed by atoms with van der Waals surface area (Å²) in [5.41, 5.74) is 3.16. The molecule has 0 atom stereocenters. The fraction of sp³-hybridized carbons (Fsp3) is 0.500. The van der Waals surface area contributed by atoms with Crippen LogP contribution in [0.5, 0.6) is 0 Å². The molecule has 92 valence electrons. The minimum atomic E-state index is -0.0244. The SMILES string of the molecule is CC.CC.CC(=O)Nc1cc(C)ccc1C. The molecule has 16 heavy (non-hydrogen) atoms. The van der Waals surface area contributed by atoms with Crippen molar-refractivity contribution in [2.45, 2.75) is 48.5 Å². The molecule has 1 aromatic rings.